The predicted molar refractivity (Wildman–Crippen MR) is 62.2 cm³/mol. The van der Waals surface area contributed by atoms with Crippen LogP contribution in [0.2, 0.25) is 0 Å². The summed E-state index contributed by atoms with van der Waals surface area (Å²) in [6.07, 6.45) is 2.16. The van der Waals surface area contributed by atoms with Gasteiger partial charge in [-0.15, -0.1) is 0 Å². The molecule has 0 aliphatic rings. The summed E-state index contributed by atoms with van der Waals surface area (Å²) in [6, 6.07) is 10.4. The lowest BCUT2D eigenvalue weighted by molar-refractivity contribution is 1.17. The fourth-order valence-corrected chi connectivity index (χ4v) is 2.07. The number of aryl methyl sites for hydroxylation is 2. The summed E-state index contributed by atoms with van der Waals surface area (Å²) in [7, 11) is 0. The van der Waals surface area contributed by atoms with Crippen molar-refractivity contribution in [3.8, 4) is 0 Å². The third kappa shape index (κ3) is 1.14. The minimum atomic E-state index is 1.05. The second kappa shape index (κ2) is 2.83. The van der Waals surface area contributed by atoms with Crippen molar-refractivity contribution in [1.29, 1.82) is 0 Å². The third-order valence-corrected chi connectivity index (χ3v) is 2.76. The van der Waals surface area contributed by atoms with Gasteiger partial charge < -0.3 is 4.40 Å². The standard InChI is InChI=1S/C13H12N2/c1-9-7-13-10(2)14-11-5-3-4-6-12(11)15(13)8-9/h3-8H,1-2H3. The average Bonchev–Trinajstić information content (AvgIpc) is 2.61. The quantitative estimate of drug-likeness (QED) is 0.540. The van der Waals surface area contributed by atoms with Gasteiger partial charge in [-0.25, -0.2) is 4.98 Å². The Bertz CT molecular complexity index is 650. The van der Waals surface area contributed by atoms with E-state index in [2.05, 4.69) is 47.6 Å². The highest BCUT2D eigenvalue weighted by atomic mass is 14.9. The molecule has 2 nitrogen and oxygen atoms in total. The number of benzene rings is 1. The minimum absolute atomic E-state index is 1.05. The Hall–Kier alpha value is -1.83. The lowest BCUT2D eigenvalue weighted by Crippen LogP contribution is -1.92. The number of hydrogen-bond acceptors (Lipinski definition) is 1. The number of fused-ring (bicyclic) bond motifs is 3. The van der Waals surface area contributed by atoms with E-state index in [1.54, 1.807) is 0 Å². The summed E-state index contributed by atoms with van der Waals surface area (Å²) >= 11 is 0. The van der Waals surface area contributed by atoms with Crippen LogP contribution in [0.25, 0.3) is 16.6 Å². The van der Waals surface area contributed by atoms with Gasteiger partial charge >= 0.3 is 0 Å². The van der Waals surface area contributed by atoms with E-state index in [0.717, 1.165) is 11.2 Å². The first kappa shape index (κ1) is 8.48. The van der Waals surface area contributed by atoms with Gasteiger partial charge in [0.25, 0.3) is 0 Å². The molecular formula is C13H12N2. The van der Waals surface area contributed by atoms with E-state index in [1.165, 1.54) is 16.6 Å². The Kier molecular flexibility index (Phi) is 1.60. The lowest BCUT2D eigenvalue weighted by atomic mass is 10.2. The monoisotopic (exact) mass is 196 g/mol. The number of aromatic nitrogens is 2. The zero-order valence-electron chi connectivity index (χ0n) is 8.86. The molecule has 0 unspecified atom stereocenters. The van der Waals surface area contributed by atoms with Crippen LogP contribution in [0.4, 0.5) is 0 Å². The van der Waals surface area contributed by atoms with Crippen LogP contribution in [-0.2, 0) is 0 Å². The second-order valence-electron chi connectivity index (χ2n) is 3.96. The molecule has 2 heteroatoms. The maximum Gasteiger partial charge on any atom is 0.0874 e. The van der Waals surface area contributed by atoms with Crippen molar-refractivity contribution in [2.24, 2.45) is 0 Å². The zero-order chi connectivity index (χ0) is 10.4. The van der Waals surface area contributed by atoms with Crippen LogP contribution in [-0.4, -0.2) is 9.38 Å². The highest BCUT2D eigenvalue weighted by Crippen LogP contribution is 2.19. The van der Waals surface area contributed by atoms with Crippen LogP contribution < -0.4 is 0 Å². The summed E-state index contributed by atoms with van der Waals surface area (Å²) in [5.41, 5.74) is 5.79. The molecule has 0 aliphatic heterocycles. The summed E-state index contributed by atoms with van der Waals surface area (Å²) in [5, 5.41) is 0. The molecule has 0 amide bonds. The van der Waals surface area contributed by atoms with Crippen LogP contribution in [0.15, 0.2) is 36.5 Å². The molecule has 0 saturated carbocycles. The number of para-hydroxylation sites is 2. The molecule has 1 aromatic carbocycles. The van der Waals surface area contributed by atoms with Crippen molar-refractivity contribution in [3.63, 3.8) is 0 Å². The Morgan fingerprint density at radius 1 is 1.07 bits per heavy atom. The molecule has 3 rings (SSSR count). The van der Waals surface area contributed by atoms with Gasteiger partial charge in [-0.1, -0.05) is 12.1 Å². The van der Waals surface area contributed by atoms with Gasteiger partial charge in [-0.3, -0.25) is 0 Å². The molecule has 0 N–H and O–H groups in total. The molecular weight excluding hydrogens is 184 g/mol. The van der Waals surface area contributed by atoms with Gasteiger partial charge in [0, 0.05) is 6.20 Å². The van der Waals surface area contributed by atoms with Crippen molar-refractivity contribution in [2.75, 3.05) is 0 Å². The fraction of sp³-hybridized carbons (Fsp3) is 0.154. The van der Waals surface area contributed by atoms with E-state index in [0.29, 0.717) is 0 Å². The first-order valence-electron chi connectivity index (χ1n) is 5.10. The molecule has 74 valence electrons. The van der Waals surface area contributed by atoms with Crippen LogP contribution in [0, 0.1) is 13.8 Å². The molecule has 0 fully saturated rings. The van der Waals surface area contributed by atoms with E-state index in [9.17, 15) is 0 Å². The SMILES string of the molecule is Cc1cc2c(C)nc3ccccc3n2c1. The summed E-state index contributed by atoms with van der Waals surface area (Å²) < 4.78 is 2.22. The largest absolute Gasteiger partial charge is 0.313 e. The van der Waals surface area contributed by atoms with E-state index in [-0.39, 0.29) is 0 Å². The minimum Gasteiger partial charge on any atom is -0.313 e. The molecule has 0 atom stereocenters. The molecule has 0 bridgehead atoms. The second-order valence-corrected chi connectivity index (χ2v) is 3.96. The van der Waals surface area contributed by atoms with E-state index < -0.39 is 0 Å². The smallest absolute Gasteiger partial charge is 0.0874 e. The molecule has 0 aliphatic carbocycles. The summed E-state index contributed by atoms with van der Waals surface area (Å²) in [4.78, 5) is 4.60. The van der Waals surface area contributed by atoms with Gasteiger partial charge in [0.15, 0.2) is 0 Å². The van der Waals surface area contributed by atoms with Gasteiger partial charge in [0.2, 0.25) is 0 Å². The number of rotatable bonds is 0. The van der Waals surface area contributed by atoms with Crippen LogP contribution in [0.3, 0.4) is 0 Å². The normalized spacial score (nSPS) is 11.3. The Morgan fingerprint density at radius 2 is 1.87 bits per heavy atom. The van der Waals surface area contributed by atoms with Crippen molar-refractivity contribution >= 4 is 16.6 Å². The van der Waals surface area contributed by atoms with E-state index in [4.69, 9.17) is 0 Å². The molecule has 3 aromatic rings. The Balaban J connectivity index is 2.63. The van der Waals surface area contributed by atoms with Crippen molar-refractivity contribution in [1.82, 2.24) is 9.38 Å². The zero-order valence-corrected chi connectivity index (χ0v) is 8.86. The maximum atomic E-state index is 4.60. The summed E-state index contributed by atoms with van der Waals surface area (Å²) in [6.45, 7) is 4.17. The topological polar surface area (TPSA) is 17.3 Å². The Labute approximate surface area is 88.2 Å². The van der Waals surface area contributed by atoms with Crippen molar-refractivity contribution in [3.05, 3.63) is 47.8 Å². The van der Waals surface area contributed by atoms with E-state index in [1.807, 2.05) is 12.1 Å². The van der Waals surface area contributed by atoms with Crippen molar-refractivity contribution in [2.45, 2.75) is 13.8 Å². The van der Waals surface area contributed by atoms with Gasteiger partial charge in [0.05, 0.1) is 22.2 Å². The van der Waals surface area contributed by atoms with E-state index >= 15 is 0 Å². The van der Waals surface area contributed by atoms with Crippen LogP contribution >= 0.6 is 0 Å². The summed E-state index contributed by atoms with van der Waals surface area (Å²) in [5.74, 6) is 0. The third-order valence-electron chi connectivity index (χ3n) is 2.76. The van der Waals surface area contributed by atoms with Crippen molar-refractivity contribution < 1.29 is 0 Å². The lowest BCUT2D eigenvalue weighted by Gasteiger charge is -2.04. The first-order valence-corrected chi connectivity index (χ1v) is 5.10. The highest BCUT2D eigenvalue weighted by Gasteiger charge is 2.04. The fourth-order valence-electron chi connectivity index (χ4n) is 2.07. The number of nitrogens with zero attached hydrogens (tertiary/aromatic N) is 2. The number of hydrogen-bond donors (Lipinski definition) is 0. The molecule has 0 radical (unpaired) electrons. The van der Waals surface area contributed by atoms with Gasteiger partial charge in [-0.05, 0) is 37.6 Å². The predicted octanol–water partition coefficient (Wildman–Crippen LogP) is 3.10. The maximum absolute atomic E-state index is 4.60. The average molecular weight is 196 g/mol. The highest BCUT2D eigenvalue weighted by molar-refractivity contribution is 5.79. The Morgan fingerprint density at radius 3 is 2.73 bits per heavy atom. The molecule has 0 saturated heterocycles. The molecule has 15 heavy (non-hydrogen) atoms. The van der Waals surface area contributed by atoms with Crippen LogP contribution in [0.1, 0.15) is 11.3 Å². The van der Waals surface area contributed by atoms with Crippen LogP contribution in [0.5, 0.6) is 0 Å². The van der Waals surface area contributed by atoms with Gasteiger partial charge in [-0.2, -0.15) is 0 Å². The molecule has 0 spiro atoms. The molecule has 2 aromatic heterocycles. The molecule has 2 heterocycles. The van der Waals surface area contributed by atoms with Gasteiger partial charge in [0.1, 0.15) is 0 Å². The first-order chi connectivity index (χ1) is 7.25.